The molecule has 1 aromatic carbocycles. The molecule has 1 fully saturated rings. The van der Waals surface area contributed by atoms with Crippen molar-refractivity contribution in [3.05, 3.63) is 24.3 Å². The van der Waals surface area contributed by atoms with Crippen LogP contribution < -0.4 is 10.6 Å². The maximum Gasteiger partial charge on any atom is 0.227 e. The maximum absolute atomic E-state index is 12.1. The molecule has 0 saturated heterocycles. The lowest BCUT2D eigenvalue weighted by atomic mass is 9.88. The first kappa shape index (κ1) is 13.6. The third-order valence-electron chi connectivity index (χ3n) is 3.43. The lowest BCUT2D eigenvalue weighted by molar-refractivity contribution is -0.120. The number of carbonyl (C=O) groups excluding carboxylic acids is 2. The fourth-order valence-corrected chi connectivity index (χ4v) is 2.49. The Hall–Kier alpha value is -1.84. The van der Waals surface area contributed by atoms with Crippen molar-refractivity contribution in [3.8, 4) is 0 Å². The van der Waals surface area contributed by atoms with Gasteiger partial charge in [0.1, 0.15) is 0 Å². The van der Waals surface area contributed by atoms with Gasteiger partial charge in [-0.3, -0.25) is 9.59 Å². The van der Waals surface area contributed by atoms with E-state index in [1.54, 1.807) is 12.1 Å². The summed E-state index contributed by atoms with van der Waals surface area (Å²) in [7, 11) is 0. The highest BCUT2D eigenvalue weighted by Crippen LogP contribution is 2.25. The van der Waals surface area contributed by atoms with E-state index in [1.807, 2.05) is 12.1 Å². The molecule has 2 N–H and O–H groups in total. The monoisotopic (exact) mass is 260 g/mol. The van der Waals surface area contributed by atoms with Gasteiger partial charge in [-0.15, -0.1) is 0 Å². The maximum atomic E-state index is 12.1. The Morgan fingerprint density at radius 2 is 1.68 bits per heavy atom. The van der Waals surface area contributed by atoms with Gasteiger partial charge in [-0.05, 0) is 31.0 Å². The largest absolute Gasteiger partial charge is 0.326 e. The van der Waals surface area contributed by atoms with Gasteiger partial charge in [0.15, 0.2) is 0 Å². The van der Waals surface area contributed by atoms with Crippen LogP contribution in [0.25, 0.3) is 0 Å². The Morgan fingerprint density at radius 1 is 1.05 bits per heavy atom. The van der Waals surface area contributed by atoms with E-state index in [1.165, 1.54) is 13.3 Å². The van der Waals surface area contributed by atoms with Gasteiger partial charge < -0.3 is 10.6 Å². The fourth-order valence-electron chi connectivity index (χ4n) is 2.49. The molecule has 2 rings (SSSR count). The summed E-state index contributed by atoms with van der Waals surface area (Å²) in [5.74, 6) is 0.119. The standard InChI is InChI=1S/C15H20N2O2/c1-11(18)16-13-8-5-9-14(10-13)17-15(19)12-6-3-2-4-7-12/h5,8-10,12H,2-4,6-7H2,1H3,(H,16,18)(H,17,19). The molecule has 0 aromatic heterocycles. The zero-order valence-corrected chi connectivity index (χ0v) is 11.2. The summed E-state index contributed by atoms with van der Waals surface area (Å²) >= 11 is 0. The number of nitrogens with one attached hydrogen (secondary N) is 2. The first-order chi connectivity index (χ1) is 9.15. The van der Waals surface area contributed by atoms with Crippen LogP contribution in [0.5, 0.6) is 0 Å². The molecule has 102 valence electrons. The first-order valence-electron chi connectivity index (χ1n) is 6.83. The molecule has 1 aromatic rings. The summed E-state index contributed by atoms with van der Waals surface area (Å²) in [6, 6.07) is 7.24. The lowest BCUT2D eigenvalue weighted by Crippen LogP contribution is -2.24. The normalized spacial score (nSPS) is 15.8. The molecule has 0 bridgehead atoms. The molecule has 19 heavy (non-hydrogen) atoms. The Bertz CT molecular complexity index is 465. The van der Waals surface area contributed by atoms with Gasteiger partial charge in [0.25, 0.3) is 0 Å². The highest BCUT2D eigenvalue weighted by Gasteiger charge is 2.20. The van der Waals surface area contributed by atoms with Crippen LogP contribution in [0.3, 0.4) is 0 Å². The van der Waals surface area contributed by atoms with Crippen LogP contribution in [0, 0.1) is 5.92 Å². The molecule has 0 aliphatic heterocycles. The summed E-state index contributed by atoms with van der Waals surface area (Å²) in [5.41, 5.74) is 1.44. The van der Waals surface area contributed by atoms with Gasteiger partial charge in [-0.25, -0.2) is 0 Å². The van der Waals surface area contributed by atoms with Crippen molar-refractivity contribution in [2.75, 3.05) is 10.6 Å². The molecule has 0 atom stereocenters. The average Bonchev–Trinajstić information content (AvgIpc) is 2.39. The Balaban J connectivity index is 1.97. The Labute approximate surface area is 113 Å². The number of hydrogen-bond acceptors (Lipinski definition) is 2. The van der Waals surface area contributed by atoms with Gasteiger partial charge in [0.2, 0.25) is 11.8 Å². The van der Waals surface area contributed by atoms with E-state index >= 15 is 0 Å². The van der Waals surface area contributed by atoms with Gasteiger partial charge in [0, 0.05) is 24.2 Å². The van der Waals surface area contributed by atoms with Gasteiger partial charge in [-0.2, -0.15) is 0 Å². The van der Waals surface area contributed by atoms with Gasteiger partial charge >= 0.3 is 0 Å². The molecule has 0 radical (unpaired) electrons. The van der Waals surface area contributed by atoms with Crippen LogP contribution in [0.15, 0.2) is 24.3 Å². The number of hydrogen-bond donors (Lipinski definition) is 2. The number of benzene rings is 1. The SMILES string of the molecule is CC(=O)Nc1cccc(NC(=O)C2CCCCC2)c1. The zero-order valence-electron chi connectivity index (χ0n) is 11.2. The molecule has 0 spiro atoms. The number of carbonyl (C=O) groups is 2. The second-order valence-corrected chi connectivity index (χ2v) is 5.09. The molecule has 4 nitrogen and oxygen atoms in total. The third kappa shape index (κ3) is 4.09. The van der Waals surface area contributed by atoms with E-state index in [0.29, 0.717) is 5.69 Å². The summed E-state index contributed by atoms with van der Waals surface area (Å²) in [4.78, 5) is 23.1. The van der Waals surface area contributed by atoms with Crippen LogP contribution in [0.1, 0.15) is 39.0 Å². The Kier molecular flexibility index (Phi) is 4.55. The third-order valence-corrected chi connectivity index (χ3v) is 3.43. The summed E-state index contributed by atoms with van der Waals surface area (Å²) in [6.07, 6.45) is 5.49. The molecule has 0 heterocycles. The molecule has 1 aliphatic rings. The first-order valence-corrected chi connectivity index (χ1v) is 6.83. The number of amides is 2. The van der Waals surface area contributed by atoms with E-state index in [2.05, 4.69) is 10.6 Å². The minimum absolute atomic E-state index is 0.0969. The topological polar surface area (TPSA) is 58.2 Å². The van der Waals surface area contributed by atoms with Crippen LogP contribution in [-0.2, 0) is 9.59 Å². The lowest BCUT2D eigenvalue weighted by Gasteiger charge is -2.20. The van der Waals surface area contributed by atoms with Crippen LogP contribution in [0.2, 0.25) is 0 Å². The zero-order chi connectivity index (χ0) is 13.7. The summed E-state index contributed by atoms with van der Waals surface area (Å²) in [6.45, 7) is 1.47. The van der Waals surface area contributed by atoms with E-state index in [4.69, 9.17) is 0 Å². The molecular weight excluding hydrogens is 240 g/mol. The summed E-state index contributed by atoms with van der Waals surface area (Å²) < 4.78 is 0. The van der Waals surface area contributed by atoms with Gasteiger partial charge in [-0.1, -0.05) is 25.3 Å². The molecule has 4 heteroatoms. The van der Waals surface area contributed by atoms with E-state index < -0.39 is 0 Å². The van der Waals surface area contributed by atoms with Crippen LogP contribution in [0.4, 0.5) is 11.4 Å². The fraction of sp³-hybridized carbons (Fsp3) is 0.467. The van der Waals surface area contributed by atoms with Crippen molar-refractivity contribution in [2.45, 2.75) is 39.0 Å². The minimum atomic E-state index is -0.115. The highest BCUT2D eigenvalue weighted by atomic mass is 16.2. The second kappa shape index (κ2) is 6.36. The predicted molar refractivity (Wildman–Crippen MR) is 76.0 cm³/mol. The number of anilines is 2. The Morgan fingerprint density at radius 3 is 2.32 bits per heavy atom. The molecular formula is C15H20N2O2. The molecule has 1 saturated carbocycles. The molecule has 2 amide bonds. The van der Waals surface area contributed by atoms with Crippen molar-refractivity contribution < 1.29 is 9.59 Å². The van der Waals surface area contributed by atoms with Crippen LogP contribution >= 0.6 is 0 Å². The van der Waals surface area contributed by atoms with Crippen molar-refractivity contribution in [1.82, 2.24) is 0 Å². The van der Waals surface area contributed by atoms with E-state index in [-0.39, 0.29) is 17.7 Å². The second-order valence-electron chi connectivity index (χ2n) is 5.09. The summed E-state index contributed by atoms with van der Waals surface area (Å²) in [5, 5.41) is 5.64. The smallest absolute Gasteiger partial charge is 0.227 e. The van der Waals surface area contributed by atoms with Crippen molar-refractivity contribution in [2.24, 2.45) is 5.92 Å². The van der Waals surface area contributed by atoms with E-state index in [9.17, 15) is 9.59 Å². The highest BCUT2D eigenvalue weighted by molar-refractivity contribution is 5.94. The van der Waals surface area contributed by atoms with Gasteiger partial charge in [0.05, 0.1) is 0 Å². The molecule has 0 unspecified atom stereocenters. The molecule has 1 aliphatic carbocycles. The van der Waals surface area contributed by atoms with Crippen molar-refractivity contribution in [1.29, 1.82) is 0 Å². The van der Waals surface area contributed by atoms with E-state index in [0.717, 1.165) is 31.4 Å². The minimum Gasteiger partial charge on any atom is -0.326 e. The number of rotatable bonds is 3. The quantitative estimate of drug-likeness (QED) is 0.877. The predicted octanol–water partition coefficient (Wildman–Crippen LogP) is 3.16. The average molecular weight is 260 g/mol. The van der Waals surface area contributed by atoms with Crippen LogP contribution in [-0.4, -0.2) is 11.8 Å². The van der Waals surface area contributed by atoms with Crippen molar-refractivity contribution >= 4 is 23.2 Å². The van der Waals surface area contributed by atoms with Crippen molar-refractivity contribution in [3.63, 3.8) is 0 Å².